The van der Waals surface area contributed by atoms with E-state index in [1.54, 1.807) is 29.2 Å². The van der Waals surface area contributed by atoms with Gasteiger partial charge in [-0.25, -0.2) is 8.42 Å². The molecule has 166 valence electrons. The first kappa shape index (κ1) is 21.9. The summed E-state index contributed by atoms with van der Waals surface area (Å²) < 4.78 is 32.0. The number of amides is 1. The maximum Gasteiger partial charge on any atom is 0.247 e. The van der Waals surface area contributed by atoms with Crippen LogP contribution in [0.15, 0.2) is 78.9 Å². The second kappa shape index (κ2) is 9.44. The molecule has 1 aliphatic rings. The summed E-state index contributed by atoms with van der Waals surface area (Å²) in [6, 6.07) is 24.3. The fourth-order valence-corrected chi connectivity index (χ4v) is 4.70. The second-order valence-electron chi connectivity index (χ2n) is 7.82. The number of carbonyl (C=O) groups is 1. The van der Waals surface area contributed by atoms with Crippen LogP contribution in [0.1, 0.15) is 17.5 Å². The van der Waals surface area contributed by atoms with Crippen molar-refractivity contribution in [3.8, 4) is 5.75 Å². The molecule has 3 aromatic carbocycles. The highest BCUT2D eigenvalue weighted by Crippen LogP contribution is 2.28. The Hall–Kier alpha value is -3.32. The lowest BCUT2D eigenvalue weighted by Crippen LogP contribution is -2.44. The highest BCUT2D eigenvalue weighted by Gasteiger charge is 2.27. The Morgan fingerprint density at radius 1 is 0.969 bits per heavy atom. The van der Waals surface area contributed by atoms with Crippen molar-refractivity contribution in [2.75, 3.05) is 28.6 Å². The first-order valence-electron chi connectivity index (χ1n) is 10.5. The molecule has 0 atom stereocenters. The number of benzene rings is 3. The molecule has 1 aliphatic heterocycles. The van der Waals surface area contributed by atoms with Crippen molar-refractivity contribution >= 4 is 27.3 Å². The summed E-state index contributed by atoms with van der Waals surface area (Å²) in [5.74, 6) is 0.384. The molecule has 1 heterocycles. The molecular weight excluding hydrogens is 424 g/mol. The average molecular weight is 451 g/mol. The van der Waals surface area contributed by atoms with Crippen LogP contribution in [-0.2, 0) is 27.8 Å². The van der Waals surface area contributed by atoms with Crippen LogP contribution in [0.3, 0.4) is 0 Å². The Morgan fingerprint density at radius 3 is 2.38 bits per heavy atom. The minimum Gasteiger partial charge on any atom is -0.489 e. The van der Waals surface area contributed by atoms with Crippen LogP contribution in [0.25, 0.3) is 0 Å². The summed E-state index contributed by atoms with van der Waals surface area (Å²) in [6.45, 7) is 0.750. The van der Waals surface area contributed by atoms with E-state index in [2.05, 4.69) is 0 Å². The zero-order chi connectivity index (χ0) is 22.6. The topological polar surface area (TPSA) is 66.9 Å². The van der Waals surface area contributed by atoms with Crippen molar-refractivity contribution in [1.29, 1.82) is 0 Å². The van der Waals surface area contributed by atoms with Crippen molar-refractivity contribution in [1.82, 2.24) is 0 Å². The number of hydrogen-bond acceptors (Lipinski definition) is 4. The molecule has 1 amide bonds. The largest absolute Gasteiger partial charge is 0.489 e. The lowest BCUT2D eigenvalue weighted by atomic mass is 10.0. The third-order valence-corrected chi connectivity index (χ3v) is 6.60. The Bertz CT molecular complexity index is 1180. The summed E-state index contributed by atoms with van der Waals surface area (Å²) >= 11 is 0. The van der Waals surface area contributed by atoms with Crippen molar-refractivity contribution in [3.05, 3.63) is 90.0 Å². The molecule has 0 fully saturated rings. The molecule has 3 aromatic rings. The molecule has 0 bridgehead atoms. The molecule has 0 N–H and O–H groups in total. The Balaban J connectivity index is 1.49. The Morgan fingerprint density at radius 2 is 1.66 bits per heavy atom. The van der Waals surface area contributed by atoms with Gasteiger partial charge in [0.15, 0.2) is 0 Å². The third-order valence-electron chi connectivity index (χ3n) is 5.46. The van der Waals surface area contributed by atoms with Crippen LogP contribution in [0.5, 0.6) is 5.75 Å². The van der Waals surface area contributed by atoms with E-state index in [0.717, 1.165) is 40.2 Å². The fourth-order valence-electron chi connectivity index (χ4n) is 3.85. The lowest BCUT2D eigenvalue weighted by molar-refractivity contribution is -0.117. The number of aryl methyl sites for hydroxylation is 1. The molecule has 0 aromatic heterocycles. The van der Waals surface area contributed by atoms with E-state index < -0.39 is 10.0 Å². The molecule has 7 heteroatoms. The molecule has 0 radical (unpaired) electrons. The Labute approximate surface area is 189 Å². The minimum absolute atomic E-state index is 0.244. The number of hydrogen-bond donors (Lipinski definition) is 0. The fraction of sp³-hybridized carbons (Fsp3) is 0.240. The third kappa shape index (κ3) is 5.11. The van der Waals surface area contributed by atoms with Gasteiger partial charge in [-0.1, -0.05) is 48.5 Å². The van der Waals surface area contributed by atoms with Crippen LogP contribution in [-0.4, -0.2) is 33.7 Å². The second-order valence-corrected chi connectivity index (χ2v) is 9.72. The van der Waals surface area contributed by atoms with E-state index in [0.29, 0.717) is 24.6 Å². The van der Waals surface area contributed by atoms with Crippen LogP contribution < -0.4 is 13.9 Å². The number of fused-ring (bicyclic) bond motifs is 1. The van der Waals surface area contributed by atoms with Gasteiger partial charge >= 0.3 is 0 Å². The van der Waals surface area contributed by atoms with E-state index in [-0.39, 0.29) is 12.5 Å². The number of sulfonamides is 1. The van der Waals surface area contributed by atoms with Crippen molar-refractivity contribution < 1.29 is 17.9 Å². The zero-order valence-electron chi connectivity index (χ0n) is 18.0. The number of rotatable bonds is 7. The smallest absolute Gasteiger partial charge is 0.247 e. The van der Waals surface area contributed by atoms with Gasteiger partial charge < -0.3 is 9.64 Å². The Kier molecular flexibility index (Phi) is 6.46. The number of ether oxygens (including phenoxy) is 1. The quantitative estimate of drug-likeness (QED) is 0.546. The predicted molar refractivity (Wildman–Crippen MR) is 127 cm³/mol. The van der Waals surface area contributed by atoms with Crippen LogP contribution in [0, 0.1) is 0 Å². The van der Waals surface area contributed by atoms with Gasteiger partial charge in [-0.3, -0.25) is 9.10 Å². The van der Waals surface area contributed by atoms with E-state index >= 15 is 0 Å². The highest BCUT2D eigenvalue weighted by atomic mass is 32.2. The van der Waals surface area contributed by atoms with E-state index in [9.17, 15) is 13.2 Å². The number of nitrogens with zero attached hydrogens (tertiary/aromatic N) is 2. The monoisotopic (exact) mass is 450 g/mol. The standard InChI is InChI=1S/C25H26N2O4S/c1-32(29,30)27(18-25(28)26-17-7-11-21-10-5-6-12-24(21)26)22-13-15-23(16-14-22)31-19-20-8-3-2-4-9-20/h2-6,8-10,12-16H,7,11,17-19H2,1H3. The summed E-state index contributed by atoms with van der Waals surface area (Å²) in [5.41, 5.74) is 3.44. The van der Waals surface area contributed by atoms with Gasteiger partial charge in [0.25, 0.3) is 0 Å². The molecule has 0 saturated carbocycles. The molecule has 4 rings (SSSR count). The molecule has 0 saturated heterocycles. The number of anilines is 2. The van der Waals surface area contributed by atoms with Gasteiger partial charge in [-0.05, 0) is 54.3 Å². The van der Waals surface area contributed by atoms with Crippen molar-refractivity contribution in [3.63, 3.8) is 0 Å². The van der Waals surface area contributed by atoms with Crippen molar-refractivity contribution in [2.24, 2.45) is 0 Å². The number of para-hydroxylation sites is 1. The predicted octanol–water partition coefficient (Wildman–Crippen LogP) is 4.01. The summed E-state index contributed by atoms with van der Waals surface area (Å²) in [6.07, 6.45) is 2.89. The molecule has 6 nitrogen and oxygen atoms in total. The summed E-state index contributed by atoms with van der Waals surface area (Å²) in [5, 5.41) is 0. The van der Waals surface area contributed by atoms with Crippen molar-refractivity contribution in [2.45, 2.75) is 19.4 Å². The lowest BCUT2D eigenvalue weighted by Gasteiger charge is -2.31. The van der Waals surface area contributed by atoms with Gasteiger partial charge in [-0.2, -0.15) is 0 Å². The zero-order valence-corrected chi connectivity index (χ0v) is 18.8. The maximum absolute atomic E-state index is 13.1. The van der Waals surface area contributed by atoms with Crippen LogP contribution >= 0.6 is 0 Å². The SMILES string of the molecule is CS(=O)(=O)N(CC(=O)N1CCCc2ccccc21)c1ccc(OCc2ccccc2)cc1. The van der Waals surface area contributed by atoms with E-state index in [1.807, 2.05) is 54.6 Å². The first-order valence-corrected chi connectivity index (χ1v) is 12.4. The number of carbonyl (C=O) groups excluding carboxylic acids is 1. The van der Waals surface area contributed by atoms with Gasteiger partial charge in [-0.15, -0.1) is 0 Å². The normalized spacial score (nSPS) is 13.3. The summed E-state index contributed by atoms with van der Waals surface area (Å²) in [4.78, 5) is 14.8. The average Bonchev–Trinajstić information content (AvgIpc) is 2.81. The highest BCUT2D eigenvalue weighted by molar-refractivity contribution is 7.92. The maximum atomic E-state index is 13.1. The molecule has 0 unspecified atom stereocenters. The molecular formula is C25H26N2O4S. The van der Waals surface area contributed by atoms with E-state index in [4.69, 9.17) is 4.74 Å². The first-order chi connectivity index (χ1) is 15.4. The van der Waals surface area contributed by atoms with Crippen LogP contribution in [0.2, 0.25) is 0 Å². The molecule has 0 aliphatic carbocycles. The van der Waals surface area contributed by atoms with Gasteiger partial charge in [0, 0.05) is 12.2 Å². The van der Waals surface area contributed by atoms with Gasteiger partial charge in [0.2, 0.25) is 15.9 Å². The minimum atomic E-state index is -3.65. The summed E-state index contributed by atoms with van der Waals surface area (Å²) in [7, 11) is -3.65. The van der Waals surface area contributed by atoms with Gasteiger partial charge in [0.1, 0.15) is 18.9 Å². The van der Waals surface area contributed by atoms with Crippen LogP contribution in [0.4, 0.5) is 11.4 Å². The van der Waals surface area contributed by atoms with E-state index in [1.165, 1.54) is 0 Å². The van der Waals surface area contributed by atoms with Gasteiger partial charge in [0.05, 0.1) is 11.9 Å². The molecule has 32 heavy (non-hydrogen) atoms. The molecule has 0 spiro atoms.